The smallest absolute Gasteiger partial charge is 0.255 e. The molecule has 6 heteroatoms. The molecular formula is C20H15ClN4O. The summed E-state index contributed by atoms with van der Waals surface area (Å²) in [6.07, 6.45) is 3.29. The summed E-state index contributed by atoms with van der Waals surface area (Å²) in [5, 5.41) is 12.4. The number of nitriles is 1. The number of pyridine rings is 1. The first-order valence-electron chi connectivity index (χ1n) is 7.82. The van der Waals surface area contributed by atoms with Crippen LogP contribution in [-0.2, 0) is 0 Å². The van der Waals surface area contributed by atoms with Gasteiger partial charge in [-0.1, -0.05) is 23.7 Å². The normalized spacial score (nSPS) is 10.0. The maximum Gasteiger partial charge on any atom is 0.255 e. The lowest BCUT2D eigenvalue weighted by Gasteiger charge is -2.20. The Morgan fingerprint density at radius 3 is 2.69 bits per heavy atom. The van der Waals surface area contributed by atoms with Crippen molar-refractivity contribution >= 4 is 34.6 Å². The first-order valence-corrected chi connectivity index (χ1v) is 8.20. The van der Waals surface area contributed by atoms with E-state index in [1.807, 2.05) is 42.3 Å². The fraction of sp³-hybridized carbons (Fsp3) is 0.0500. The first-order chi connectivity index (χ1) is 12.6. The lowest BCUT2D eigenvalue weighted by molar-refractivity contribution is 0.102. The highest BCUT2D eigenvalue weighted by atomic mass is 35.5. The molecule has 1 N–H and O–H groups in total. The van der Waals surface area contributed by atoms with Crippen LogP contribution in [0.1, 0.15) is 15.9 Å². The number of anilines is 3. The molecule has 1 heterocycles. The molecule has 2 aromatic carbocycles. The second-order valence-electron chi connectivity index (χ2n) is 5.62. The Kier molecular flexibility index (Phi) is 5.16. The molecule has 0 saturated carbocycles. The summed E-state index contributed by atoms with van der Waals surface area (Å²) in [4.78, 5) is 18.4. The summed E-state index contributed by atoms with van der Waals surface area (Å²) in [5.41, 5.74) is 3.23. The van der Waals surface area contributed by atoms with E-state index in [9.17, 15) is 4.79 Å². The van der Waals surface area contributed by atoms with Gasteiger partial charge < -0.3 is 10.2 Å². The van der Waals surface area contributed by atoms with Crippen LogP contribution in [-0.4, -0.2) is 17.9 Å². The van der Waals surface area contributed by atoms with E-state index in [4.69, 9.17) is 16.9 Å². The van der Waals surface area contributed by atoms with E-state index in [1.165, 1.54) is 0 Å². The highest BCUT2D eigenvalue weighted by Gasteiger charge is 2.09. The minimum atomic E-state index is -0.272. The van der Waals surface area contributed by atoms with Crippen molar-refractivity contribution in [2.24, 2.45) is 0 Å². The maximum absolute atomic E-state index is 12.4. The van der Waals surface area contributed by atoms with E-state index >= 15 is 0 Å². The highest BCUT2D eigenvalue weighted by molar-refractivity contribution is 6.30. The summed E-state index contributed by atoms with van der Waals surface area (Å²) in [6, 6.07) is 17.8. The third-order valence-corrected chi connectivity index (χ3v) is 4.03. The Morgan fingerprint density at radius 2 is 1.92 bits per heavy atom. The number of hydrogen-bond acceptors (Lipinski definition) is 4. The number of benzene rings is 2. The monoisotopic (exact) mass is 362 g/mol. The number of nitrogens with one attached hydrogen (secondary N) is 1. The van der Waals surface area contributed by atoms with Gasteiger partial charge in [-0.25, -0.2) is 0 Å². The Bertz CT molecular complexity index is 997. The summed E-state index contributed by atoms with van der Waals surface area (Å²) in [7, 11) is 1.89. The van der Waals surface area contributed by atoms with E-state index in [0.717, 1.165) is 11.4 Å². The van der Waals surface area contributed by atoms with E-state index in [1.54, 1.807) is 42.7 Å². The van der Waals surface area contributed by atoms with Crippen LogP contribution < -0.4 is 10.2 Å². The minimum Gasteiger partial charge on any atom is -0.343 e. The molecule has 1 amide bonds. The fourth-order valence-corrected chi connectivity index (χ4v) is 2.63. The van der Waals surface area contributed by atoms with Gasteiger partial charge in [0.25, 0.3) is 5.91 Å². The largest absolute Gasteiger partial charge is 0.343 e. The molecule has 0 aliphatic rings. The molecule has 26 heavy (non-hydrogen) atoms. The second-order valence-corrected chi connectivity index (χ2v) is 6.05. The van der Waals surface area contributed by atoms with Crippen molar-refractivity contribution in [2.75, 3.05) is 17.3 Å². The van der Waals surface area contributed by atoms with Crippen LogP contribution in [0.4, 0.5) is 17.1 Å². The van der Waals surface area contributed by atoms with Crippen LogP contribution in [0, 0.1) is 11.3 Å². The van der Waals surface area contributed by atoms with Crippen molar-refractivity contribution < 1.29 is 4.79 Å². The number of amides is 1. The Morgan fingerprint density at radius 1 is 1.12 bits per heavy atom. The number of aromatic nitrogens is 1. The van der Waals surface area contributed by atoms with E-state index in [0.29, 0.717) is 21.8 Å². The number of hydrogen-bond donors (Lipinski definition) is 1. The molecule has 1 aromatic heterocycles. The standard InChI is InChI=1S/C20H15ClN4O/c1-25(19-9-16(21)12-23-13-19)18-7-3-6-17(10-18)24-20(26)15-5-2-4-14(8-15)11-22/h2-10,12-13H,1H3,(H,24,26). The lowest BCUT2D eigenvalue weighted by atomic mass is 10.1. The van der Waals surface area contributed by atoms with Gasteiger partial charge in [-0.05, 0) is 42.5 Å². The van der Waals surface area contributed by atoms with Crippen molar-refractivity contribution in [1.82, 2.24) is 4.98 Å². The molecule has 128 valence electrons. The van der Waals surface area contributed by atoms with Gasteiger partial charge in [0.1, 0.15) is 0 Å². The molecule has 0 fully saturated rings. The topological polar surface area (TPSA) is 69.0 Å². The lowest BCUT2D eigenvalue weighted by Crippen LogP contribution is -2.13. The third-order valence-electron chi connectivity index (χ3n) is 3.82. The number of carbonyl (C=O) groups excluding carboxylic acids is 1. The number of rotatable bonds is 4. The average Bonchev–Trinajstić information content (AvgIpc) is 2.67. The first kappa shape index (κ1) is 17.5. The van der Waals surface area contributed by atoms with E-state index in [2.05, 4.69) is 10.3 Å². The predicted molar refractivity (Wildman–Crippen MR) is 103 cm³/mol. The van der Waals surface area contributed by atoms with Crippen LogP contribution >= 0.6 is 11.6 Å². The molecule has 0 unspecified atom stereocenters. The molecule has 0 aliphatic carbocycles. The zero-order valence-electron chi connectivity index (χ0n) is 14.0. The Balaban J connectivity index is 1.81. The van der Waals surface area contributed by atoms with Crippen molar-refractivity contribution in [1.29, 1.82) is 5.26 Å². The van der Waals surface area contributed by atoms with Crippen LogP contribution in [0.3, 0.4) is 0 Å². The van der Waals surface area contributed by atoms with Gasteiger partial charge in [0.2, 0.25) is 0 Å². The van der Waals surface area contributed by atoms with Gasteiger partial charge in [-0.3, -0.25) is 9.78 Å². The molecule has 0 spiro atoms. The number of carbonyl (C=O) groups is 1. The molecule has 3 rings (SSSR count). The Labute approximate surface area is 156 Å². The minimum absolute atomic E-state index is 0.272. The third kappa shape index (κ3) is 4.00. The van der Waals surface area contributed by atoms with Gasteiger partial charge in [0.05, 0.1) is 28.5 Å². The Hall–Kier alpha value is -3.36. The zero-order valence-corrected chi connectivity index (χ0v) is 14.7. The fourth-order valence-electron chi connectivity index (χ4n) is 2.46. The van der Waals surface area contributed by atoms with Gasteiger partial charge in [-0.15, -0.1) is 0 Å². The van der Waals surface area contributed by atoms with Gasteiger partial charge >= 0.3 is 0 Å². The van der Waals surface area contributed by atoms with E-state index < -0.39 is 0 Å². The van der Waals surface area contributed by atoms with Crippen molar-refractivity contribution in [2.45, 2.75) is 0 Å². The summed E-state index contributed by atoms with van der Waals surface area (Å²) in [5.74, 6) is -0.272. The van der Waals surface area contributed by atoms with Gasteiger partial charge in [0, 0.05) is 30.2 Å². The molecule has 5 nitrogen and oxygen atoms in total. The number of nitrogens with zero attached hydrogens (tertiary/aromatic N) is 3. The van der Waals surface area contributed by atoms with Crippen LogP contribution in [0.5, 0.6) is 0 Å². The molecule has 0 aliphatic heterocycles. The summed E-state index contributed by atoms with van der Waals surface area (Å²) in [6.45, 7) is 0. The molecular weight excluding hydrogens is 348 g/mol. The van der Waals surface area contributed by atoms with Gasteiger partial charge in [-0.2, -0.15) is 5.26 Å². The molecule has 0 bridgehead atoms. The average molecular weight is 363 g/mol. The van der Waals surface area contributed by atoms with Crippen LogP contribution in [0.15, 0.2) is 67.0 Å². The highest BCUT2D eigenvalue weighted by Crippen LogP contribution is 2.27. The number of halogens is 1. The SMILES string of the molecule is CN(c1cncc(Cl)c1)c1cccc(NC(=O)c2cccc(C#N)c2)c1. The molecule has 3 aromatic rings. The van der Waals surface area contributed by atoms with Crippen LogP contribution in [0.2, 0.25) is 5.02 Å². The summed E-state index contributed by atoms with van der Waals surface area (Å²) < 4.78 is 0. The molecule has 0 atom stereocenters. The van der Waals surface area contributed by atoms with Crippen LogP contribution in [0.25, 0.3) is 0 Å². The quantitative estimate of drug-likeness (QED) is 0.734. The maximum atomic E-state index is 12.4. The summed E-state index contributed by atoms with van der Waals surface area (Å²) >= 11 is 6.00. The molecule has 0 radical (unpaired) electrons. The molecule has 0 saturated heterocycles. The van der Waals surface area contributed by atoms with Crippen molar-refractivity contribution in [3.05, 3.63) is 83.1 Å². The second kappa shape index (κ2) is 7.68. The van der Waals surface area contributed by atoms with Crippen molar-refractivity contribution in [3.8, 4) is 6.07 Å². The van der Waals surface area contributed by atoms with Crippen molar-refractivity contribution in [3.63, 3.8) is 0 Å². The predicted octanol–water partition coefficient (Wildman–Crippen LogP) is 4.63. The zero-order chi connectivity index (χ0) is 18.5. The van der Waals surface area contributed by atoms with E-state index in [-0.39, 0.29) is 5.91 Å². The van der Waals surface area contributed by atoms with Gasteiger partial charge in [0.15, 0.2) is 0 Å².